The number of aryl methyl sites for hydroxylation is 1. The van der Waals surface area contributed by atoms with Gasteiger partial charge in [-0.25, -0.2) is 4.79 Å². The van der Waals surface area contributed by atoms with Crippen LogP contribution in [0.15, 0.2) is 20.8 Å². The summed E-state index contributed by atoms with van der Waals surface area (Å²) in [7, 11) is 1.33. The number of alkyl halides is 1. The van der Waals surface area contributed by atoms with Gasteiger partial charge in [-0.3, -0.25) is 19.8 Å². The van der Waals surface area contributed by atoms with Crippen molar-refractivity contribution in [1.82, 2.24) is 20.4 Å². The fourth-order valence-corrected chi connectivity index (χ4v) is 6.56. The molecule has 10 nitrogen and oxygen atoms in total. The second-order valence-electron chi connectivity index (χ2n) is 6.18. The number of Topliss-reactive ketones (excluding diaryl/α,β-unsaturated/α-hetero) is 1. The number of β-lactam (4-membered cyclic amide) rings is 1. The smallest absolute Gasteiger partial charge is 0.352 e. The predicted molar refractivity (Wildman–Crippen MR) is 118 cm³/mol. The summed E-state index contributed by atoms with van der Waals surface area (Å²) in [6, 6.07) is -0.602. The van der Waals surface area contributed by atoms with Crippen LogP contribution in [0.4, 0.5) is 0 Å². The number of carbonyl (C=O) groups is 3. The number of fused-ring (bicyclic) bond motifs is 1. The number of nitrogens with one attached hydrogen (secondary N) is 1. The van der Waals surface area contributed by atoms with Gasteiger partial charge in [0.15, 0.2) is 10.1 Å². The lowest BCUT2D eigenvalue weighted by Gasteiger charge is -2.49. The molecule has 0 bridgehead atoms. The van der Waals surface area contributed by atoms with E-state index in [9.17, 15) is 19.5 Å². The van der Waals surface area contributed by atoms with E-state index in [2.05, 4.69) is 41.4 Å². The van der Waals surface area contributed by atoms with Gasteiger partial charge in [-0.05, 0) is 12.5 Å². The predicted octanol–water partition coefficient (Wildman–Crippen LogP) is 1.12. The van der Waals surface area contributed by atoms with Gasteiger partial charge in [0.25, 0.3) is 0 Å². The van der Waals surface area contributed by atoms with Crippen LogP contribution in [0.5, 0.6) is 0 Å². The molecule has 1 fully saturated rings. The molecule has 0 unspecified atom stereocenters. The van der Waals surface area contributed by atoms with E-state index in [0.717, 1.165) is 9.35 Å². The van der Waals surface area contributed by atoms with Gasteiger partial charge in [0.1, 0.15) is 34.9 Å². The first-order valence-corrected chi connectivity index (χ1v) is 12.6. The van der Waals surface area contributed by atoms with E-state index in [-0.39, 0.29) is 40.3 Å². The molecule has 1 aromatic rings. The van der Waals surface area contributed by atoms with Crippen LogP contribution in [0.3, 0.4) is 0 Å². The average Bonchev–Trinajstić information content (AvgIpc) is 3.15. The number of hydrogen-bond donors (Lipinski definition) is 2. The number of halogens is 1. The van der Waals surface area contributed by atoms with Gasteiger partial charge in [0.05, 0.1) is 5.33 Å². The number of rotatable bonds is 10. The molecule has 2 aliphatic heterocycles. The quantitative estimate of drug-likeness (QED) is 0.147. The maximum atomic E-state index is 12.7. The maximum absolute atomic E-state index is 12.7. The Morgan fingerprint density at radius 2 is 2.23 bits per heavy atom. The van der Waals surface area contributed by atoms with Crippen molar-refractivity contribution < 1.29 is 24.3 Å². The Kier molecular flexibility index (Phi) is 7.90. The van der Waals surface area contributed by atoms with Crippen LogP contribution in [0.25, 0.3) is 0 Å². The van der Waals surface area contributed by atoms with Crippen LogP contribution in [0.1, 0.15) is 5.01 Å². The molecule has 14 heteroatoms. The van der Waals surface area contributed by atoms with E-state index in [1.54, 1.807) is 0 Å². The number of ketones is 1. The summed E-state index contributed by atoms with van der Waals surface area (Å²) in [6.07, 6.45) is 0. The number of carboxylic acids is 1. The summed E-state index contributed by atoms with van der Waals surface area (Å²) < 4.78 is 0.757. The molecule has 1 amide bonds. The van der Waals surface area contributed by atoms with Crippen LogP contribution in [-0.4, -0.2) is 85.5 Å². The summed E-state index contributed by atoms with van der Waals surface area (Å²) in [5.74, 6) is -0.837. The van der Waals surface area contributed by atoms with Crippen LogP contribution in [0, 0.1) is 6.92 Å². The third kappa shape index (κ3) is 4.88. The van der Waals surface area contributed by atoms with Crippen molar-refractivity contribution in [3.63, 3.8) is 0 Å². The van der Waals surface area contributed by atoms with Crippen LogP contribution in [0.2, 0.25) is 0 Å². The minimum absolute atomic E-state index is 0.0258. The molecule has 0 radical (unpaired) electrons. The Hall–Kier alpha value is -1.48. The topological polar surface area (TPSA) is 134 Å². The average molecular weight is 536 g/mol. The van der Waals surface area contributed by atoms with E-state index in [4.69, 9.17) is 0 Å². The number of oxime groups is 1. The molecule has 30 heavy (non-hydrogen) atoms. The van der Waals surface area contributed by atoms with Crippen LogP contribution in [-0.2, 0) is 19.2 Å². The third-order valence-corrected chi connectivity index (χ3v) is 8.17. The highest BCUT2D eigenvalue weighted by molar-refractivity contribution is 9.09. The van der Waals surface area contributed by atoms with Gasteiger partial charge < -0.3 is 9.94 Å². The summed E-state index contributed by atoms with van der Waals surface area (Å²) >= 11 is 7.41. The number of carbonyl (C=O) groups excluding carboxylic acids is 2. The number of amides is 1. The van der Waals surface area contributed by atoms with Crippen molar-refractivity contribution in [3.8, 4) is 0 Å². The maximum Gasteiger partial charge on any atom is 0.352 e. The zero-order valence-electron chi connectivity index (χ0n) is 16.0. The first-order chi connectivity index (χ1) is 14.4. The van der Waals surface area contributed by atoms with Crippen molar-refractivity contribution in [2.75, 3.05) is 30.5 Å². The normalized spacial score (nSPS) is 21.4. The van der Waals surface area contributed by atoms with E-state index in [1.165, 1.54) is 46.9 Å². The van der Waals surface area contributed by atoms with Gasteiger partial charge in [0.2, 0.25) is 5.91 Å². The number of thioether (sulfide) groups is 2. The Balaban J connectivity index is 1.69. The molecule has 162 valence electrons. The minimum Gasteiger partial charge on any atom is -0.477 e. The molecule has 1 aromatic heterocycles. The van der Waals surface area contributed by atoms with Gasteiger partial charge in [0, 0.05) is 18.1 Å². The van der Waals surface area contributed by atoms with Crippen molar-refractivity contribution >= 4 is 74.2 Å². The molecule has 2 atom stereocenters. The molecular weight excluding hydrogens is 518 g/mol. The highest BCUT2D eigenvalue weighted by Crippen LogP contribution is 2.41. The van der Waals surface area contributed by atoms with Crippen molar-refractivity contribution in [2.45, 2.75) is 22.7 Å². The molecule has 2 N–H and O–H groups in total. The fraction of sp³-hybridized carbons (Fsp3) is 0.500. The highest BCUT2D eigenvalue weighted by atomic mass is 79.9. The van der Waals surface area contributed by atoms with Crippen molar-refractivity contribution in [1.29, 1.82) is 0 Å². The third-order valence-electron chi connectivity index (χ3n) is 4.26. The summed E-state index contributed by atoms with van der Waals surface area (Å²) in [5.41, 5.74) is 0.849. The van der Waals surface area contributed by atoms with E-state index >= 15 is 0 Å². The first-order valence-electron chi connectivity index (χ1n) is 8.62. The zero-order valence-corrected chi connectivity index (χ0v) is 20.0. The Morgan fingerprint density at radius 1 is 1.47 bits per heavy atom. The lowest BCUT2D eigenvalue weighted by atomic mass is 10.0. The largest absolute Gasteiger partial charge is 0.477 e. The number of aliphatic carboxylic acids is 1. The van der Waals surface area contributed by atoms with Crippen molar-refractivity contribution in [2.24, 2.45) is 5.16 Å². The Morgan fingerprint density at radius 3 is 2.83 bits per heavy atom. The van der Waals surface area contributed by atoms with Gasteiger partial charge in [-0.1, -0.05) is 44.2 Å². The minimum atomic E-state index is -1.13. The van der Waals surface area contributed by atoms with E-state index < -0.39 is 12.0 Å². The van der Waals surface area contributed by atoms with Crippen LogP contribution >= 0.6 is 50.8 Å². The molecule has 0 saturated carbocycles. The lowest BCUT2D eigenvalue weighted by Crippen LogP contribution is -2.70. The van der Waals surface area contributed by atoms with E-state index in [1.807, 2.05) is 6.92 Å². The van der Waals surface area contributed by atoms with Gasteiger partial charge in [-0.2, -0.15) is 0 Å². The highest BCUT2D eigenvalue weighted by Gasteiger charge is 2.53. The number of hydrogen-bond acceptors (Lipinski definition) is 11. The fourth-order valence-electron chi connectivity index (χ4n) is 2.91. The second kappa shape index (κ2) is 10.2. The zero-order chi connectivity index (χ0) is 21.8. The second-order valence-corrected chi connectivity index (χ2v) is 10.2. The molecule has 0 spiro atoms. The molecule has 2 aliphatic rings. The monoisotopic (exact) mass is 535 g/mol. The summed E-state index contributed by atoms with van der Waals surface area (Å²) in [5, 5.41) is 25.0. The van der Waals surface area contributed by atoms with Gasteiger partial charge >= 0.3 is 5.97 Å². The molecule has 3 rings (SSSR count). The standard InChI is InChI=1S/C16H18BrN5O5S3/c1-7-19-20-16(30-7)29-6-8-5-28-14-11(13(24)22(14)12(8)15(25)26)18-4-9(21-27-2)10(23)3-17/h11,14,18H,3-6H2,1-2H3,(H,25,26)/b21-9-/t11-,14-/m1/s1. The Labute approximate surface area is 193 Å². The Bertz CT molecular complexity index is 921. The number of carboxylic acid groups (broad SMARTS) is 1. The molecule has 1 saturated heterocycles. The molecular formula is C16H18BrN5O5S3. The summed E-state index contributed by atoms with van der Waals surface area (Å²) in [4.78, 5) is 42.5. The summed E-state index contributed by atoms with van der Waals surface area (Å²) in [6.45, 7) is 1.90. The molecule has 0 aromatic carbocycles. The molecule has 3 heterocycles. The van der Waals surface area contributed by atoms with E-state index in [0.29, 0.717) is 17.1 Å². The molecule has 0 aliphatic carbocycles. The van der Waals surface area contributed by atoms with Crippen LogP contribution < -0.4 is 5.32 Å². The number of nitrogens with zero attached hydrogens (tertiary/aromatic N) is 4. The van der Waals surface area contributed by atoms with Gasteiger partial charge in [-0.15, -0.1) is 22.0 Å². The van der Waals surface area contributed by atoms with Crippen molar-refractivity contribution in [3.05, 3.63) is 16.3 Å². The SMILES string of the molecule is CO/N=C(/CN[C@@H]1C(=O)N2C(C(=O)O)=C(CSc3nnc(C)s3)CS[C@H]12)C(=O)CBr. The first kappa shape index (κ1) is 23.2. The lowest BCUT2D eigenvalue weighted by molar-refractivity contribution is -0.149. The number of aromatic nitrogens is 2.